The fraction of sp³-hybridized carbons (Fsp3) is 0.286. The number of hydrogen-bond acceptors (Lipinski definition) is 8. The van der Waals surface area contributed by atoms with Crippen molar-refractivity contribution in [2.24, 2.45) is 0 Å². The van der Waals surface area contributed by atoms with Gasteiger partial charge in [-0.2, -0.15) is 4.31 Å². The van der Waals surface area contributed by atoms with Crippen LogP contribution in [-0.4, -0.2) is 56.1 Å². The van der Waals surface area contributed by atoms with E-state index >= 15 is 0 Å². The topological polar surface area (TPSA) is 124 Å². The molecule has 0 spiro atoms. The SMILES string of the molecule is COc1ccc(-c2nnc(NC(=O)c3ccc(S(=O)(=O)N(C)C4CC4)cc3)o2)c(OC)c1. The van der Waals surface area contributed by atoms with E-state index in [-0.39, 0.29) is 28.4 Å². The maximum atomic E-state index is 12.6. The number of carbonyl (C=O) groups is 1. The average Bonchev–Trinajstić information content (AvgIpc) is 3.56. The van der Waals surface area contributed by atoms with Crippen molar-refractivity contribution in [3.63, 3.8) is 0 Å². The molecule has 1 aliphatic carbocycles. The monoisotopic (exact) mass is 458 g/mol. The van der Waals surface area contributed by atoms with E-state index in [0.717, 1.165) is 12.8 Å². The second-order valence-electron chi connectivity index (χ2n) is 7.21. The van der Waals surface area contributed by atoms with Gasteiger partial charge in [-0.3, -0.25) is 10.1 Å². The van der Waals surface area contributed by atoms with Crippen molar-refractivity contribution >= 4 is 21.9 Å². The number of aromatic nitrogens is 2. The Morgan fingerprint density at radius 1 is 1.09 bits per heavy atom. The molecule has 0 unspecified atom stereocenters. The van der Waals surface area contributed by atoms with Crippen LogP contribution in [0, 0.1) is 0 Å². The molecule has 1 heterocycles. The maximum absolute atomic E-state index is 12.6. The molecule has 0 saturated heterocycles. The van der Waals surface area contributed by atoms with E-state index in [9.17, 15) is 13.2 Å². The molecule has 3 aromatic rings. The average molecular weight is 458 g/mol. The number of hydrogen-bond donors (Lipinski definition) is 1. The summed E-state index contributed by atoms with van der Waals surface area (Å²) < 4.78 is 42.6. The molecule has 0 radical (unpaired) electrons. The predicted octanol–water partition coefficient (Wildman–Crippen LogP) is 2.79. The third kappa shape index (κ3) is 4.30. The molecule has 32 heavy (non-hydrogen) atoms. The van der Waals surface area contributed by atoms with Crippen LogP contribution < -0.4 is 14.8 Å². The van der Waals surface area contributed by atoms with Crippen LogP contribution in [0.4, 0.5) is 6.01 Å². The van der Waals surface area contributed by atoms with Crippen LogP contribution in [0.25, 0.3) is 11.5 Å². The number of methoxy groups -OCH3 is 2. The van der Waals surface area contributed by atoms with E-state index in [0.29, 0.717) is 17.1 Å². The Morgan fingerprint density at radius 3 is 2.44 bits per heavy atom. The Labute approximate surface area is 185 Å². The van der Waals surface area contributed by atoms with Crippen LogP contribution >= 0.6 is 0 Å². The standard InChI is InChI=1S/C21H22N4O6S/c1-25(14-6-7-14)32(27,28)16-9-4-13(5-10-16)19(26)22-21-24-23-20(31-21)17-11-8-15(29-2)12-18(17)30-3/h4-5,8-12,14H,6-7H2,1-3H3,(H,22,24,26). The third-order valence-electron chi connectivity index (χ3n) is 5.14. The van der Waals surface area contributed by atoms with Gasteiger partial charge in [0.2, 0.25) is 10.0 Å². The minimum absolute atomic E-state index is 0.0547. The van der Waals surface area contributed by atoms with Crippen LogP contribution in [0.15, 0.2) is 51.8 Å². The van der Waals surface area contributed by atoms with E-state index in [2.05, 4.69) is 15.5 Å². The Hall–Kier alpha value is -3.44. The van der Waals surface area contributed by atoms with E-state index in [4.69, 9.17) is 13.9 Å². The minimum atomic E-state index is -3.58. The molecular formula is C21H22N4O6S. The summed E-state index contributed by atoms with van der Waals surface area (Å²) in [4.78, 5) is 12.7. The molecule has 1 aromatic heterocycles. The summed E-state index contributed by atoms with van der Waals surface area (Å²) in [6.45, 7) is 0. The van der Waals surface area contributed by atoms with Crippen molar-refractivity contribution in [1.29, 1.82) is 0 Å². The van der Waals surface area contributed by atoms with Crippen LogP contribution in [-0.2, 0) is 10.0 Å². The fourth-order valence-electron chi connectivity index (χ4n) is 3.11. The first kappa shape index (κ1) is 21.8. The minimum Gasteiger partial charge on any atom is -0.497 e. The van der Waals surface area contributed by atoms with E-state index in [1.165, 1.54) is 35.7 Å². The quantitative estimate of drug-likeness (QED) is 0.546. The molecule has 1 amide bonds. The zero-order valence-corrected chi connectivity index (χ0v) is 18.5. The number of amides is 1. The predicted molar refractivity (Wildman–Crippen MR) is 115 cm³/mol. The molecule has 0 atom stereocenters. The van der Waals surface area contributed by atoms with Gasteiger partial charge in [0.05, 0.1) is 24.7 Å². The van der Waals surface area contributed by atoms with Gasteiger partial charge in [-0.15, -0.1) is 5.10 Å². The molecule has 2 aromatic carbocycles. The van der Waals surface area contributed by atoms with Crippen LogP contribution in [0.1, 0.15) is 23.2 Å². The van der Waals surface area contributed by atoms with Crippen molar-refractivity contribution in [3.05, 3.63) is 48.0 Å². The van der Waals surface area contributed by atoms with Crippen LogP contribution in [0.2, 0.25) is 0 Å². The zero-order chi connectivity index (χ0) is 22.9. The Morgan fingerprint density at radius 2 is 1.81 bits per heavy atom. The first-order chi connectivity index (χ1) is 15.3. The van der Waals surface area contributed by atoms with Gasteiger partial charge in [-0.1, -0.05) is 5.10 Å². The molecular weight excluding hydrogens is 436 g/mol. The highest BCUT2D eigenvalue weighted by Gasteiger charge is 2.35. The summed E-state index contributed by atoms with van der Waals surface area (Å²) >= 11 is 0. The second-order valence-corrected chi connectivity index (χ2v) is 9.21. The van der Waals surface area contributed by atoms with Crippen molar-refractivity contribution in [2.45, 2.75) is 23.8 Å². The van der Waals surface area contributed by atoms with Gasteiger partial charge in [0.25, 0.3) is 11.8 Å². The number of benzene rings is 2. The molecule has 168 valence electrons. The highest BCUT2D eigenvalue weighted by atomic mass is 32.2. The number of rotatable bonds is 8. The summed E-state index contributed by atoms with van der Waals surface area (Å²) in [5, 5.41) is 10.3. The Balaban J connectivity index is 1.48. The second kappa shape index (κ2) is 8.60. The van der Waals surface area contributed by atoms with Gasteiger partial charge < -0.3 is 13.9 Å². The fourth-order valence-corrected chi connectivity index (χ4v) is 4.52. The first-order valence-corrected chi connectivity index (χ1v) is 11.2. The number of anilines is 1. The third-order valence-corrected chi connectivity index (χ3v) is 7.06. The summed E-state index contributed by atoms with van der Waals surface area (Å²) in [6, 6.07) is 10.7. The van der Waals surface area contributed by atoms with Gasteiger partial charge >= 0.3 is 6.01 Å². The molecule has 1 fully saturated rings. The van der Waals surface area contributed by atoms with Gasteiger partial charge in [0.15, 0.2) is 0 Å². The number of sulfonamides is 1. The lowest BCUT2D eigenvalue weighted by molar-refractivity contribution is 0.102. The van der Waals surface area contributed by atoms with Gasteiger partial charge in [-0.05, 0) is 49.2 Å². The maximum Gasteiger partial charge on any atom is 0.322 e. The molecule has 0 bridgehead atoms. The van der Waals surface area contributed by atoms with Crippen molar-refractivity contribution in [2.75, 3.05) is 26.6 Å². The Kier molecular flexibility index (Phi) is 5.85. The van der Waals surface area contributed by atoms with E-state index in [1.807, 2.05) is 0 Å². The zero-order valence-electron chi connectivity index (χ0n) is 17.7. The smallest absolute Gasteiger partial charge is 0.322 e. The van der Waals surface area contributed by atoms with Gasteiger partial charge in [-0.25, -0.2) is 8.42 Å². The number of carbonyl (C=O) groups excluding carboxylic acids is 1. The summed E-state index contributed by atoms with van der Waals surface area (Å²) in [7, 11) is 1.04. The number of ether oxygens (including phenoxy) is 2. The largest absolute Gasteiger partial charge is 0.497 e. The van der Waals surface area contributed by atoms with Gasteiger partial charge in [0.1, 0.15) is 11.5 Å². The highest BCUT2D eigenvalue weighted by Crippen LogP contribution is 2.33. The van der Waals surface area contributed by atoms with Gasteiger partial charge in [0, 0.05) is 24.7 Å². The van der Waals surface area contributed by atoms with Crippen LogP contribution in [0.5, 0.6) is 11.5 Å². The van der Waals surface area contributed by atoms with E-state index < -0.39 is 15.9 Å². The molecule has 4 rings (SSSR count). The summed E-state index contributed by atoms with van der Waals surface area (Å²) in [5.41, 5.74) is 0.787. The lowest BCUT2D eigenvalue weighted by Crippen LogP contribution is -2.29. The van der Waals surface area contributed by atoms with E-state index in [1.54, 1.807) is 32.4 Å². The molecule has 1 N–H and O–H groups in total. The van der Waals surface area contributed by atoms with Crippen molar-refractivity contribution in [1.82, 2.24) is 14.5 Å². The first-order valence-electron chi connectivity index (χ1n) is 9.79. The molecule has 10 nitrogen and oxygen atoms in total. The molecule has 11 heteroatoms. The lowest BCUT2D eigenvalue weighted by atomic mass is 10.2. The Bertz CT molecular complexity index is 1240. The summed E-state index contributed by atoms with van der Waals surface area (Å²) in [5.74, 6) is 0.719. The van der Waals surface area contributed by atoms with Crippen molar-refractivity contribution in [3.8, 4) is 23.0 Å². The normalized spacial score (nSPS) is 13.8. The highest BCUT2D eigenvalue weighted by molar-refractivity contribution is 7.89. The lowest BCUT2D eigenvalue weighted by Gasteiger charge is -2.16. The number of nitrogens with zero attached hydrogens (tertiary/aromatic N) is 3. The summed E-state index contributed by atoms with van der Waals surface area (Å²) in [6.07, 6.45) is 1.73. The molecule has 1 saturated carbocycles. The molecule has 0 aliphatic heterocycles. The molecule has 1 aliphatic rings. The van der Waals surface area contributed by atoms with Crippen molar-refractivity contribution < 1.29 is 27.1 Å². The number of nitrogens with one attached hydrogen (secondary N) is 1. The van der Waals surface area contributed by atoms with Crippen LogP contribution in [0.3, 0.4) is 0 Å².